The van der Waals surface area contributed by atoms with E-state index in [0.717, 1.165) is 18.4 Å². The van der Waals surface area contributed by atoms with Gasteiger partial charge in [-0.2, -0.15) is 0 Å². The SMILES string of the molecule is CC1CCCCC1C(CN)c1ccccc1Br. The zero-order valence-corrected chi connectivity index (χ0v) is 12.1. The van der Waals surface area contributed by atoms with Crippen LogP contribution in [0.5, 0.6) is 0 Å². The summed E-state index contributed by atoms with van der Waals surface area (Å²) in [5, 5.41) is 0. The van der Waals surface area contributed by atoms with Crippen LogP contribution < -0.4 is 5.73 Å². The van der Waals surface area contributed by atoms with Gasteiger partial charge in [-0.05, 0) is 36.4 Å². The molecule has 1 aliphatic rings. The van der Waals surface area contributed by atoms with E-state index in [2.05, 4.69) is 47.1 Å². The Bertz CT molecular complexity index is 364. The van der Waals surface area contributed by atoms with Crippen LogP contribution in [0.4, 0.5) is 0 Å². The summed E-state index contributed by atoms with van der Waals surface area (Å²) in [5.74, 6) is 2.08. The molecule has 2 rings (SSSR count). The van der Waals surface area contributed by atoms with Gasteiger partial charge in [-0.25, -0.2) is 0 Å². The number of nitrogens with two attached hydrogens (primary N) is 1. The fourth-order valence-electron chi connectivity index (χ4n) is 3.25. The van der Waals surface area contributed by atoms with Crippen molar-refractivity contribution in [1.29, 1.82) is 0 Å². The minimum absolute atomic E-state index is 0.515. The molecule has 0 heterocycles. The van der Waals surface area contributed by atoms with Crippen molar-refractivity contribution >= 4 is 15.9 Å². The summed E-state index contributed by atoms with van der Waals surface area (Å²) in [5.41, 5.74) is 7.44. The zero-order chi connectivity index (χ0) is 12.3. The second-order valence-electron chi connectivity index (χ2n) is 5.29. The lowest BCUT2D eigenvalue weighted by Gasteiger charge is -2.35. The van der Waals surface area contributed by atoms with E-state index in [9.17, 15) is 0 Å². The van der Waals surface area contributed by atoms with Crippen molar-refractivity contribution in [1.82, 2.24) is 0 Å². The second-order valence-corrected chi connectivity index (χ2v) is 6.14. The molecule has 0 spiro atoms. The third-order valence-corrected chi connectivity index (χ3v) is 4.98. The van der Waals surface area contributed by atoms with Gasteiger partial charge in [0.2, 0.25) is 0 Å². The maximum Gasteiger partial charge on any atom is 0.0210 e. The Labute approximate surface area is 113 Å². The van der Waals surface area contributed by atoms with E-state index < -0.39 is 0 Å². The van der Waals surface area contributed by atoms with Crippen LogP contribution in [-0.2, 0) is 0 Å². The van der Waals surface area contributed by atoms with Crippen molar-refractivity contribution in [3.8, 4) is 0 Å². The maximum absolute atomic E-state index is 6.05. The Balaban J connectivity index is 2.23. The normalized spacial score (nSPS) is 26.8. The summed E-state index contributed by atoms with van der Waals surface area (Å²) in [6.45, 7) is 3.15. The molecule has 17 heavy (non-hydrogen) atoms. The van der Waals surface area contributed by atoms with Crippen molar-refractivity contribution in [2.45, 2.75) is 38.5 Å². The summed E-state index contributed by atoms with van der Waals surface area (Å²) < 4.78 is 1.22. The monoisotopic (exact) mass is 295 g/mol. The molecule has 1 nitrogen and oxygen atoms in total. The number of hydrogen-bond acceptors (Lipinski definition) is 1. The van der Waals surface area contributed by atoms with Gasteiger partial charge in [-0.15, -0.1) is 0 Å². The molecule has 1 aromatic carbocycles. The van der Waals surface area contributed by atoms with Gasteiger partial charge in [-0.3, -0.25) is 0 Å². The van der Waals surface area contributed by atoms with Gasteiger partial charge < -0.3 is 5.73 Å². The van der Waals surface area contributed by atoms with Gasteiger partial charge in [-0.1, -0.05) is 60.3 Å². The van der Waals surface area contributed by atoms with Gasteiger partial charge in [0.15, 0.2) is 0 Å². The van der Waals surface area contributed by atoms with Gasteiger partial charge in [0.25, 0.3) is 0 Å². The fourth-order valence-corrected chi connectivity index (χ4v) is 3.83. The minimum Gasteiger partial charge on any atom is -0.330 e. The Morgan fingerprint density at radius 1 is 1.29 bits per heavy atom. The molecule has 2 N–H and O–H groups in total. The van der Waals surface area contributed by atoms with Gasteiger partial charge in [0, 0.05) is 10.4 Å². The molecule has 0 amide bonds. The van der Waals surface area contributed by atoms with Crippen LogP contribution >= 0.6 is 15.9 Å². The van der Waals surface area contributed by atoms with Crippen LogP contribution in [-0.4, -0.2) is 6.54 Å². The van der Waals surface area contributed by atoms with Crippen molar-refractivity contribution in [2.24, 2.45) is 17.6 Å². The first-order valence-electron chi connectivity index (χ1n) is 6.68. The molecule has 1 aliphatic carbocycles. The number of benzene rings is 1. The molecule has 0 aromatic heterocycles. The maximum atomic E-state index is 6.05. The first kappa shape index (κ1) is 13.1. The fraction of sp³-hybridized carbons (Fsp3) is 0.600. The summed E-state index contributed by atoms with van der Waals surface area (Å²) in [6, 6.07) is 8.55. The van der Waals surface area contributed by atoms with Crippen molar-refractivity contribution < 1.29 is 0 Å². The molecular weight excluding hydrogens is 274 g/mol. The highest BCUT2D eigenvalue weighted by Gasteiger charge is 2.30. The molecule has 3 unspecified atom stereocenters. The lowest BCUT2D eigenvalue weighted by molar-refractivity contribution is 0.218. The molecule has 1 fully saturated rings. The zero-order valence-electron chi connectivity index (χ0n) is 10.5. The van der Waals surface area contributed by atoms with E-state index in [1.165, 1.54) is 35.7 Å². The van der Waals surface area contributed by atoms with E-state index in [1.54, 1.807) is 0 Å². The predicted molar refractivity (Wildman–Crippen MR) is 77.1 cm³/mol. The van der Waals surface area contributed by atoms with Crippen LogP contribution in [0.2, 0.25) is 0 Å². The van der Waals surface area contributed by atoms with Crippen molar-refractivity contribution in [2.75, 3.05) is 6.54 Å². The molecule has 94 valence electrons. The quantitative estimate of drug-likeness (QED) is 0.883. The average Bonchev–Trinajstić information content (AvgIpc) is 2.34. The van der Waals surface area contributed by atoms with E-state index in [4.69, 9.17) is 5.73 Å². The lowest BCUT2D eigenvalue weighted by Crippen LogP contribution is -2.29. The molecular formula is C15H22BrN. The van der Waals surface area contributed by atoms with Crippen LogP contribution in [0.15, 0.2) is 28.7 Å². The average molecular weight is 296 g/mol. The Hall–Kier alpha value is -0.340. The summed E-state index contributed by atoms with van der Waals surface area (Å²) in [7, 11) is 0. The molecule has 2 heteroatoms. The second kappa shape index (κ2) is 6.01. The minimum atomic E-state index is 0.515. The predicted octanol–water partition coefficient (Wildman–Crippen LogP) is 4.32. The third-order valence-electron chi connectivity index (χ3n) is 4.25. The summed E-state index contributed by atoms with van der Waals surface area (Å²) in [4.78, 5) is 0. The Morgan fingerprint density at radius 3 is 2.65 bits per heavy atom. The summed E-state index contributed by atoms with van der Waals surface area (Å²) in [6.07, 6.45) is 5.47. The number of halogens is 1. The van der Waals surface area contributed by atoms with Gasteiger partial charge in [0.1, 0.15) is 0 Å². The van der Waals surface area contributed by atoms with E-state index in [-0.39, 0.29) is 0 Å². The first-order chi connectivity index (χ1) is 8.24. The van der Waals surface area contributed by atoms with E-state index >= 15 is 0 Å². The number of hydrogen-bond donors (Lipinski definition) is 1. The van der Waals surface area contributed by atoms with E-state index in [0.29, 0.717) is 5.92 Å². The molecule has 0 bridgehead atoms. The highest BCUT2D eigenvalue weighted by molar-refractivity contribution is 9.10. The van der Waals surface area contributed by atoms with Gasteiger partial charge >= 0.3 is 0 Å². The topological polar surface area (TPSA) is 26.0 Å². The molecule has 1 aromatic rings. The molecule has 3 atom stereocenters. The third kappa shape index (κ3) is 2.92. The van der Waals surface area contributed by atoms with Crippen LogP contribution in [0.3, 0.4) is 0 Å². The molecule has 1 saturated carbocycles. The van der Waals surface area contributed by atoms with E-state index in [1.807, 2.05) is 0 Å². The first-order valence-corrected chi connectivity index (χ1v) is 7.48. The summed E-state index contributed by atoms with van der Waals surface area (Å²) >= 11 is 3.67. The standard InChI is InChI=1S/C15H22BrN/c1-11-6-2-3-7-12(11)14(10-17)13-8-4-5-9-15(13)16/h4-5,8-9,11-12,14H,2-3,6-7,10,17H2,1H3. The van der Waals surface area contributed by atoms with Crippen molar-refractivity contribution in [3.63, 3.8) is 0 Å². The van der Waals surface area contributed by atoms with Crippen LogP contribution in [0, 0.1) is 11.8 Å². The smallest absolute Gasteiger partial charge is 0.0210 e. The molecule has 0 saturated heterocycles. The molecule has 0 aliphatic heterocycles. The number of rotatable bonds is 3. The van der Waals surface area contributed by atoms with Crippen LogP contribution in [0.1, 0.15) is 44.1 Å². The highest BCUT2D eigenvalue weighted by Crippen LogP contribution is 2.41. The van der Waals surface area contributed by atoms with Crippen molar-refractivity contribution in [3.05, 3.63) is 34.3 Å². The Kier molecular flexibility index (Phi) is 4.63. The Morgan fingerprint density at radius 2 is 2.00 bits per heavy atom. The molecule has 0 radical (unpaired) electrons. The lowest BCUT2D eigenvalue weighted by atomic mass is 9.71. The van der Waals surface area contributed by atoms with Gasteiger partial charge in [0.05, 0.1) is 0 Å². The highest BCUT2D eigenvalue weighted by atomic mass is 79.9. The largest absolute Gasteiger partial charge is 0.330 e. The van der Waals surface area contributed by atoms with Crippen LogP contribution in [0.25, 0.3) is 0 Å².